The number of amidine groups is 1. The molecule has 0 saturated heterocycles. The summed E-state index contributed by atoms with van der Waals surface area (Å²) in [6, 6.07) is 3.95. The Hall–Kier alpha value is -3.28. The minimum atomic E-state index is -1.40. The van der Waals surface area contributed by atoms with Gasteiger partial charge < -0.3 is 10.5 Å². The highest BCUT2D eigenvalue weighted by Gasteiger charge is 2.45. The van der Waals surface area contributed by atoms with Gasteiger partial charge in [0.25, 0.3) is 11.7 Å². The molecule has 0 radical (unpaired) electrons. The molecule has 1 aromatic rings. The minimum absolute atomic E-state index is 0.0245. The van der Waals surface area contributed by atoms with Crippen LogP contribution in [0.1, 0.15) is 25.3 Å². The van der Waals surface area contributed by atoms with E-state index in [0.717, 1.165) is 11.8 Å². The number of benzene rings is 1. The van der Waals surface area contributed by atoms with Gasteiger partial charge in [0, 0.05) is 22.8 Å². The maximum absolute atomic E-state index is 12.7. The molecule has 0 fully saturated rings. The number of rotatable bonds is 7. The van der Waals surface area contributed by atoms with Crippen LogP contribution < -0.4 is 5.73 Å². The first kappa shape index (κ1) is 22.0. The largest absolute Gasteiger partial charge is 0.463 e. The van der Waals surface area contributed by atoms with E-state index in [1.54, 1.807) is 6.92 Å². The molecule has 0 aliphatic carbocycles. The monoisotopic (exact) mass is 421 g/mol. The van der Waals surface area contributed by atoms with Crippen LogP contribution in [-0.2, 0) is 9.53 Å². The molecule has 0 bridgehead atoms. The van der Waals surface area contributed by atoms with Crippen molar-refractivity contribution in [2.75, 3.05) is 12.4 Å². The first-order valence-electron chi connectivity index (χ1n) is 8.47. The number of hydrogen-bond acceptors (Lipinski definition) is 9. The first-order chi connectivity index (χ1) is 13.7. The van der Waals surface area contributed by atoms with E-state index in [4.69, 9.17) is 15.9 Å². The number of thioether (sulfide) groups is 1. The highest BCUT2D eigenvalue weighted by Crippen LogP contribution is 2.39. The zero-order valence-corrected chi connectivity index (χ0v) is 16.5. The number of nitrogens with one attached hydrogen (secondary N) is 1. The van der Waals surface area contributed by atoms with E-state index in [1.165, 1.54) is 31.2 Å². The number of nitro groups is 2. The lowest BCUT2D eigenvalue weighted by Gasteiger charge is -2.28. The number of nitrogens with zero attached hydrogens (tertiary/aromatic N) is 3. The van der Waals surface area contributed by atoms with Gasteiger partial charge in [-0.3, -0.25) is 30.6 Å². The molecule has 2 atom stereocenters. The molecule has 11 nitrogen and oxygen atoms in total. The molecule has 0 saturated carbocycles. The number of carbonyl (C=O) groups excluding carboxylic acids is 1. The van der Waals surface area contributed by atoms with Gasteiger partial charge in [-0.1, -0.05) is 23.9 Å². The molecular weight excluding hydrogens is 402 g/mol. The number of esters is 1. The lowest BCUT2D eigenvalue weighted by atomic mass is 9.80. The Bertz CT molecular complexity index is 929. The fourth-order valence-corrected chi connectivity index (χ4v) is 3.59. The zero-order valence-electron chi connectivity index (χ0n) is 15.7. The summed E-state index contributed by atoms with van der Waals surface area (Å²) in [6.45, 7) is 3.08. The second-order valence-corrected chi connectivity index (χ2v) is 7.06. The number of ether oxygens (including phenoxy) is 1. The molecule has 1 aromatic carbocycles. The summed E-state index contributed by atoms with van der Waals surface area (Å²) in [6.07, 6.45) is 0. The van der Waals surface area contributed by atoms with Crippen LogP contribution in [0.15, 0.2) is 40.5 Å². The lowest BCUT2D eigenvalue weighted by Crippen LogP contribution is -2.40. The summed E-state index contributed by atoms with van der Waals surface area (Å²) in [4.78, 5) is 38.8. The summed E-state index contributed by atoms with van der Waals surface area (Å²) in [7, 11) is 0. The zero-order chi connectivity index (χ0) is 21.7. The maximum atomic E-state index is 12.7. The van der Waals surface area contributed by atoms with Gasteiger partial charge in [-0.05, 0) is 19.4 Å². The lowest BCUT2D eigenvalue weighted by molar-refractivity contribution is -0.505. The quantitative estimate of drug-likeness (QED) is 0.221. The van der Waals surface area contributed by atoms with Crippen molar-refractivity contribution >= 4 is 34.3 Å². The van der Waals surface area contributed by atoms with Crippen LogP contribution >= 0.6 is 11.8 Å². The van der Waals surface area contributed by atoms with Crippen LogP contribution in [0, 0.1) is 25.6 Å². The van der Waals surface area contributed by atoms with Crippen molar-refractivity contribution in [2.45, 2.75) is 25.8 Å². The SMILES string of the molecule is CCOC(=O)C1=C(CSC(=N)N)N=C(C)C([N+](=O)[O-])C1c1cccc([N+](=O)[O-])c1. The molecule has 1 aliphatic rings. The fraction of sp³-hybridized carbons (Fsp3) is 0.353. The predicted octanol–water partition coefficient (Wildman–Crippen LogP) is 2.24. The van der Waals surface area contributed by atoms with E-state index in [2.05, 4.69) is 4.99 Å². The Balaban J connectivity index is 2.73. The maximum Gasteiger partial charge on any atom is 0.336 e. The van der Waals surface area contributed by atoms with Gasteiger partial charge in [0.2, 0.25) is 0 Å². The molecule has 12 heteroatoms. The number of non-ortho nitro benzene ring substituents is 1. The van der Waals surface area contributed by atoms with E-state index in [1.807, 2.05) is 0 Å². The smallest absolute Gasteiger partial charge is 0.336 e. The standard InChI is InChI=1S/C17H19N5O6S/c1-3-28-16(23)14-12(8-29-17(18)19)20-9(2)15(22(26)27)13(14)10-5-4-6-11(7-10)21(24)25/h4-7,13,15H,3,8H2,1-2H3,(H3,18,19). The fourth-order valence-electron chi connectivity index (χ4n) is 3.08. The van der Waals surface area contributed by atoms with Crippen molar-refractivity contribution in [1.82, 2.24) is 0 Å². The Morgan fingerprint density at radius 2 is 2.07 bits per heavy atom. The number of hydrogen-bond donors (Lipinski definition) is 2. The van der Waals surface area contributed by atoms with E-state index in [0.29, 0.717) is 0 Å². The van der Waals surface area contributed by atoms with E-state index in [-0.39, 0.29) is 45.8 Å². The highest BCUT2D eigenvalue weighted by atomic mass is 32.2. The van der Waals surface area contributed by atoms with Gasteiger partial charge in [0.15, 0.2) is 5.17 Å². The molecule has 1 aliphatic heterocycles. The van der Waals surface area contributed by atoms with Gasteiger partial charge in [0.1, 0.15) is 0 Å². The Labute approximate surface area is 169 Å². The van der Waals surface area contributed by atoms with Crippen LogP contribution in [0.4, 0.5) is 5.69 Å². The molecular formula is C17H19N5O6S. The number of nitro benzene ring substituents is 1. The molecule has 154 valence electrons. The number of nitrogens with two attached hydrogens (primary N) is 1. The van der Waals surface area contributed by atoms with Gasteiger partial charge in [0.05, 0.1) is 34.4 Å². The van der Waals surface area contributed by atoms with E-state index in [9.17, 15) is 25.0 Å². The molecule has 2 rings (SSSR count). The van der Waals surface area contributed by atoms with Crippen molar-refractivity contribution in [3.05, 3.63) is 61.3 Å². The third kappa shape index (κ3) is 4.96. The van der Waals surface area contributed by atoms with Crippen LogP contribution in [0.2, 0.25) is 0 Å². The number of aliphatic imine (C=N–C) groups is 1. The molecule has 0 aromatic heterocycles. The van der Waals surface area contributed by atoms with Gasteiger partial charge in [-0.25, -0.2) is 4.79 Å². The van der Waals surface area contributed by atoms with Crippen molar-refractivity contribution in [1.29, 1.82) is 5.41 Å². The topological polar surface area (TPSA) is 175 Å². The van der Waals surface area contributed by atoms with Crippen LogP contribution in [0.25, 0.3) is 0 Å². The summed E-state index contributed by atoms with van der Waals surface area (Å²) >= 11 is 0.904. The highest BCUT2D eigenvalue weighted by molar-refractivity contribution is 8.13. The average molecular weight is 421 g/mol. The molecule has 29 heavy (non-hydrogen) atoms. The summed E-state index contributed by atoms with van der Waals surface area (Å²) < 4.78 is 5.09. The van der Waals surface area contributed by atoms with Crippen molar-refractivity contribution < 1.29 is 19.4 Å². The molecule has 3 N–H and O–H groups in total. The van der Waals surface area contributed by atoms with Crippen molar-refractivity contribution in [3.8, 4) is 0 Å². The summed E-state index contributed by atoms with van der Waals surface area (Å²) in [5.74, 6) is -1.91. The second-order valence-electron chi connectivity index (χ2n) is 6.05. The first-order valence-corrected chi connectivity index (χ1v) is 9.45. The second kappa shape index (κ2) is 9.28. The van der Waals surface area contributed by atoms with Crippen LogP contribution in [0.3, 0.4) is 0 Å². The van der Waals surface area contributed by atoms with Crippen LogP contribution in [0.5, 0.6) is 0 Å². The Kier molecular flexibility index (Phi) is 7.04. The van der Waals surface area contributed by atoms with Crippen molar-refractivity contribution in [2.24, 2.45) is 10.7 Å². The molecule has 2 unspecified atom stereocenters. The Morgan fingerprint density at radius 1 is 1.38 bits per heavy atom. The number of carbonyl (C=O) groups is 1. The molecule has 1 heterocycles. The molecule has 0 amide bonds. The van der Waals surface area contributed by atoms with E-state index >= 15 is 0 Å². The van der Waals surface area contributed by atoms with Crippen LogP contribution in [-0.4, -0.2) is 45.1 Å². The average Bonchev–Trinajstić information content (AvgIpc) is 2.65. The van der Waals surface area contributed by atoms with Gasteiger partial charge in [-0.2, -0.15) is 0 Å². The molecule has 0 spiro atoms. The minimum Gasteiger partial charge on any atom is -0.463 e. The Morgan fingerprint density at radius 3 is 2.62 bits per heavy atom. The third-order valence-electron chi connectivity index (χ3n) is 4.20. The third-order valence-corrected chi connectivity index (χ3v) is 4.93. The predicted molar refractivity (Wildman–Crippen MR) is 108 cm³/mol. The van der Waals surface area contributed by atoms with Gasteiger partial charge in [-0.15, -0.1) is 0 Å². The van der Waals surface area contributed by atoms with Gasteiger partial charge >= 0.3 is 5.97 Å². The normalized spacial score (nSPS) is 18.8. The van der Waals surface area contributed by atoms with Crippen molar-refractivity contribution in [3.63, 3.8) is 0 Å². The van der Waals surface area contributed by atoms with E-state index < -0.39 is 27.8 Å². The summed E-state index contributed by atoms with van der Waals surface area (Å²) in [5.41, 5.74) is 5.61. The summed E-state index contributed by atoms with van der Waals surface area (Å²) in [5, 5.41) is 30.2.